The third-order valence-electron chi connectivity index (χ3n) is 7.86. The minimum atomic E-state index is 0.591. The van der Waals surface area contributed by atoms with Gasteiger partial charge in [0.05, 0.1) is 23.0 Å². The van der Waals surface area contributed by atoms with Gasteiger partial charge in [-0.3, -0.25) is 4.57 Å². The first-order valence-electron chi connectivity index (χ1n) is 11.8. The van der Waals surface area contributed by atoms with Crippen LogP contribution < -0.4 is 4.90 Å². The molecule has 33 heavy (non-hydrogen) atoms. The van der Waals surface area contributed by atoms with Gasteiger partial charge in [-0.25, -0.2) is 4.98 Å². The van der Waals surface area contributed by atoms with Crippen LogP contribution in [0.25, 0.3) is 28.3 Å². The van der Waals surface area contributed by atoms with E-state index in [2.05, 4.69) is 56.8 Å². The summed E-state index contributed by atoms with van der Waals surface area (Å²) in [6.07, 6.45) is 11.8. The second-order valence-corrected chi connectivity index (χ2v) is 9.93. The Bertz CT molecular complexity index is 1400. The van der Waals surface area contributed by atoms with E-state index in [0.29, 0.717) is 11.0 Å². The molecule has 0 atom stereocenters. The standard InChI is InChI=1S/C28H25N5/c29-15-20-3-5-21(6-4-20)22-14-26-27-30-11-12-33(27)25-8-7-24(13-23(25)17-31(26)16-22)32-18-28(19-32)9-1-2-10-28/h3-8,11-14,16H,1-2,9-10,17-19H2. The largest absolute Gasteiger partial charge is 0.370 e. The maximum atomic E-state index is 9.12. The van der Waals surface area contributed by atoms with E-state index in [1.807, 2.05) is 30.5 Å². The van der Waals surface area contributed by atoms with E-state index >= 15 is 0 Å². The summed E-state index contributed by atoms with van der Waals surface area (Å²) >= 11 is 0. The molecular formula is C28H25N5. The van der Waals surface area contributed by atoms with Gasteiger partial charge < -0.3 is 9.47 Å². The first kappa shape index (κ1) is 18.8. The Kier molecular flexibility index (Phi) is 3.90. The highest BCUT2D eigenvalue weighted by Crippen LogP contribution is 2.47. The van der Waals surface area contributed by atoms with Crippen molar-refractivity contribution in [3.8, 4) is 34.4 Å². The van der Waals surface area contributed by atoms with Crippen molar-refractivity contribution in [2.75, 3.05) is 18.0 Å². The first-order valence-corrected chi connectivity index (χ1v) is 11.8. The van der Waals surface area contributed by atoms with Crippen LogP contribution in [-0.4, -0.2) is 27.2 Å². The highest BCUT2D eigenvalue weighted by atomic mass is 15.2. The maximum Gasteiger partial charge on any atom is 0.161 e. The van der Waals surface area contributed by atoms with E-state index in [1.54, 1.807) is 0 Å². The van der Waals surface area contributed by atoms with E-state index in [-0.39, 0.29) is 0 Å². The summed E-state index contributed by atoms with van der Waals surface area (Å²) < 4.78 is 4.53. The number of aromatic nitrogens is 3. The van der Waals surface area contributed by atoms with Gasteiger partial charge in [-0.15, -0.1) is 0 Å². The van der Waals surface area contributed by atoms with Crippen molar-refractivity contribution >= 4 is 5.69 Å². The fraction of sp³-hybridized carbons (Fsp3) is 0.286. The van der Waals surface area contributed by atoms with Gasteiger partial charge in [0.15, 0.2) is 5.82 Å². The van der Waals surface area contributed by atoms with Gasteiger partial charge in [-0.2, -0.15) is 5.26 Å². The zero-order valence-electron chi connectivity index (χ0n) is 18.5. The van der Waals surface area contributed by atoms with Gasteiger partial charge in [0.25, 0.3) is 0 Å². The predicted molar refractivity (Wildman–Crippen MR) is 129 cm³/mol. The summed E-state index contributed by atoms with van der Waals surface area (Å²) in [7, 11) is 0. The molecule has 1 spiro atoms. The molecule has 0 radical (unpaired) electrons. The average Bonchev–Trinajstić information content (AvgIpc) is 3.57. The number of rotatable bonds is 2. The van der Waals surface area contributed by atoms with Crippen LogP contribution in [0, 0.1) is 16.7 Å². The second-order valence-electron chi connectivity index (χ2n) is 9.93. The fourth-order valence-electron chi connectivity index (χ4n) is 6.11. The Hall–Kier alpha value is -3.78. The lowest BCUT2D eigenvalue weighted by Gasteiger charge is -2.50. The van der Waals surface area contributed by atoms with Gasteiger partial charge in [-0.05, 0) is 60.4 Å². The molecule has 4 heterocycles. The molecule has 1 aliphatic carbocycles. The van der Waals surface area contributed by atoms with Gasteiger partial charge in [0, 0.05) is 54.9 Å². The number of nitriles is 1. The molecular weight excluding hydrogens is 406 g/mol. The van der Waals surface area contributed by atoms with Crippen LogP contribution in [0.3, 0.4) is 0 Å². The molecule has 1 saturated carbocycles. The van der Waals surface area contributed by atoms with Crippen LogP contribution in [0.2, 0.25) is 0 Å². The molecule has 0 bridgehead atoms. The molecule has 0 amide bonds. The van der Waals surface area contributed by atoms with Crippen LogP contribution in [0.1, 0.15) is 36.8 Å². The highest BCUT2D eigenvalue weighted by Gasteiger charge is 2.44. The van der Waals surface area contributed by atoms with Gasteiger partial charge in [0.1, 0.15) is 0 Å². The van der Waals surface area contributed by atoms with Crippen LogP contribution in [0.5, 0.6) is 0 Å². The molecule has 2 aromatic heterocycles. The highest BCUT2D eigenvalue weighted by molar-refractivity contribution is 5.72. The maximum absolute atomic E-state index is 9.12. The van der Waals surface area contributed by atoms with Crippen molar-refractivity contribution in [3.63, 3.8) is 0 Å². The molecule has 2 fully saturated rings. The smallest absolute Gasteiger partial charge is 0.161 e. The van der Waals surface area contributed by atoms with Crippen LogP contribution >= 0.6 is 0 Å². The van der Waals surface area contributed by atoms with Crippen molar-refractivity contribution in [2.24, 2.45) is 5.41 Å². The van der Waals surface area contributed by atoms with E-state index in [1.165, 1.54) is 55.7 Å². The Morgan fingerprint density at radius 2 is 1.76 bits per heavy atom. The number of imidazole rings is 1. The first-order chi connectivity index (χ1) is 16.2. The molecule has 7 rings (SSSR count). The minimum absolute atomic E-state index is 0.591. The van der Waals surface area contributed by atoms with Crippen LogP contribution in [-0.2, 0) is 6.54 Å². The van der Waals surface area contributed by atoms with Crippen molar-refractivity contribution < 1.29 is 0 Å². The Morgan fingerprint density at radius 3 is 2.55 bits per heavy atom. The number of hydrogen-bond acceptors (Lipinski definition) is 3. The number of fused-ring (bicyclic) bond motifs is 5. The van der Waals surface area contributed by atoms with E-state index < -0.39 is 0 Å². The number of nitrogens with zero attached hydrogens (tertiary/aromatic N) is 5. The zero-order valence-corrected chi connectivity index (χ0v) is 18.5. The third-order valence-corrected chi connectivity index (χ3v) is 7.86. The lowest BCUT2D eigenvalue weighted by molar-refractivity contribution is 0.222. The average molecular weight is 432 g/mol. The Balaban J connectivity index is 1.27. The Labute approximate surface area is 193 Å². The zero-order chi connectivity index (χ0) is 22.0. The molecule has 2 aromatic carbocycles. The van der Waals surface area contributed by atoms with Gasteiger partial charge >= 0.3 is 0 Å². The second kappa shape index (κ2) is 6.86. The molecule has 3 aliphatic rings. The van der Waals surface area contributed by atoms with Crippen molar-refractivity contribution in [2.45, 2.75) is 32.2 Å². The molecule has 4 aromatic rings. The summed E-state index contributed by atoms with van der Waals surface area (Å²) in [6.45, 7) is 3.23. The topological polar surface area (TPSA) is 49.8 Å². The molecule has 0 N–H and O–H groups in total. The molecule has 2 aliphatic heterocycles. The van der Waals surface area contributed by atoms with E-state index in [4.69, 9.17) is 10.2 Å². The molecule has 5 nitrogen and oxygen atoms in total. The summed E-state index contributed by atoms with van der Waals surface area (Å²) in [5.41, 5.74) is 8.53. The molecule has 162 valence electrons. The van der Waals surface area contributed by atoms with E-state index in [9.17, 15) is 0 Å². The van der Waals surface area contributed by atoms with Crippen molar-refractivity contribution in [1.29, 1.82) is 5.26 Å². The normalized spacial score (nSPS) is 17.6. The Morgan fingerprint density at radius 1 is 0.939 bits per heavy atom. The summed E-state index contributed by atoms with van der Waals surface area (Å²) in [5.74, 6) is 0.968. The SMILES string of the molecule is N#Cc1ccc(-c2cc3n(c2)Cc2cc(N4CC5(CCCC5)C4)ccc2-n2ccnc2-3)cc1. The lowest BCUT2D eigenvalue weighted by Crippen LogP contribution is -2.55. The quantitative estimate of drug-likeness (QED) is 0.364. The fourth-order valence-corrected chi connectivity index (χ4v) is 6.11. The van der Waals surface area contributed by atoms with Gasteiger partial charge in [-0.1, -0.05) is 25.0 Å². The number of hydrogen-bond donors (Lipinski definition) is 0. The summed E-state index contributed by atoms with van der Waals surface area (Å²) in [5, 5.41) is 9.12. The predicted octanol–water partition coefficient (Wildman–Crippen LogP) is 5.62. The molecule has 0 unspecified atom stereocenters. The third kappa shape index (κ3) is 2.87. The summed E-state index contributed by atoms with van der Waals surface area (Å²) in [6, 6.07) is 19.2. The monoisotopic (exact) mass is 431 g/mol. The van der Waals surface area contributed by atoms with E-state index in [0.717, 1.165) is 29.2 Å². The number of anilines is 1. The van der Waals surface area contributed by atoms with Crippen molar-refractivity contribution in [1.82, 2.24) is 14.1 Å². The number of benzene rings is 2. The minimum Gasteiger partial charge on any atom is -0.370 e. The van der Waals surface area contributed by atoms with Crippen LogP contribution in [0.4, 0.5) is 5.69 Å². The molecule has 5 heteroatoms. The molecule has 1 saturated heterocycles. The van der Waals surface area contributed by atoms with Crippen molar-refractivity contribution in [3.05, 3.63) is 78.2 Å². The van der Waals surface area contributed by atoms with Gasteiger partial charge in [0.2, 0.25) is 0 Å². The summed E-state index contributed by atoms with van der Waals surface area (Å²) in [4.78, 5) is 7.27. The lowest BCUT2D eigenvalue weighted by atomic mass is 9.78. The van der Waals surface area contributed by atoms with Crippen LogP contribution in [0.15, 0.2) is 67.1 Å².